The van der Waals surface area contributed by atoms with E-state index in [1.54, 1.807) is 0 Å². The van der Waals surface area contributed by atoms with Crippen molar-refractivity contribution >= 4 is 24.0 Å². The third-order valence-electron chi connectivity index (χ3n) is 4.96. The van der Waals surface area contributed by atoms with E-state index in [0.29, 0.717) is 18.7 Å². The van der Waals surface area contributed by atoms with Crippen LogP contribution in [0.4, 0.5) is 18.9 Å². The first kappa shape index (κ1) is 25.8. The summed E-state index contributed by atoms with van der Waals surface area (Å²) < 4.78 is 49.2. The Kier molecular flexibility index (Phi) is 10.1. The number of nitrogens with one attached hydrogen (secondary N) is 2. The van der Waals surface area contributed by atoms with Gasteiger partial charge in [0, 0.05) is 18.5 Å². The minimum atomic E-state index is -4.38. The third-order valence-corrected chi connectivity index (χ3v) is 4.96. The summed E-state index contributed by atoms with van der Waals surface area (Å²) in [5, 5.41) is 6.00. The molecule has 0 saturated heterocycles. The van der Waals surface area contributed by atoms with E-state index in [1.807, 2.05) is 24.3 Å². The normalized spacial score (nSPS) is 15.0. The maximum atomic E-state index is 12.5. The number of para-hydroxylation sites is 2. The van der Waals surface area contributed by atoms with Crippen LogP contribution >= 0.6 is 12.4 Å². The number of benzene rings is 2. The Morgan fingerprint density at radius 1 is 0.969 bits per heavy atom. The van der Waals surface area contributed by atoms with Crippen molar-refractivity contribution in [3.63, 3.8) is 0 Å². The van der Waals surface area contributed by atoms with Gasteiger partial charge >= 0.3 is 6.18 Å². The van der Waals surface area contributed by atoms with Gasteiger partial charge in [0.2, 0.25) is 5.91 Å². The SMILES string of the molecule is Cl.O=C(CCCCCNCCC1COc2ccccc2O1)Nc1ccc(C(F)(F)F)cc1. The number of rotatable bonds is 10. The number of anilines is 1. The molecule has 2 aromatic rings. The fourth-order valence-corrected chi connectivity index (χ4v) is 3.27. The highest BCUT2D eigenvalue weighted by atomic mass is 35.5. The van der Waals surface area contributed by atoms with E-state index in [2.05, 4.69) is 10.6 Å². The molecule has 2 aromatic carbocycles. The number of ether oxygens (including phenoxy) is 2. The predicted molar refractivity (Wildman–Crippen MR) is 120 cm³/mol. The Morgan fingerprint density at radius 3 is 2.41 bits per heavy atom. The molecule has 2 N–H and O–H groups in total. The number of hydrogen-bond acceptors (Lipinski definition) is 4. The van der Waals surface area contributed by atoms with Gasteiger partial charge in [0.25, 0.3) is 0 Å². The number of carbonyl (C=O) groups is 1. The molecule has 0 spiro atoms. The van der Waals surface area contributed by atoms with Crippen LogP contribution in [0.5, 0.6) is 11.5 Å². The van der Waals surface area contributed by atoms with Crippen molar-refractivity contribution in [2.75, 3.05) is 25.0 Å². The lowest BCUT2D eigenvalue weighted by Gasteiger charge is -2.26. The van der Waals surface area contributed by atoms with Gasteiger partial charge in [-0.05, 0) is 62.3 Å². The summed E-state index contributed by atoms with van der Waals surface area (Å²) in [6.07, 6.45) is -0.583. The minimum Gasteiger partial charge on any atom is -0.486 e. The van der Waals surface area contributed by atoms with Crippen LogP contribution in [-0.2, 0) is 11.0 Å². The molecule has 5 nitrogen and oxygen atoms in total. The van der Waals surface area contributed by atoms with Gasteiger partial charge in [0.05, 0.1) is 5.56 Å². The number of carbonyl (C=O) groups excluding carboxylic acids is 1. The lowest BCUT2D eigenvalue weighted by Crippen LogP contribution is -2.32. The zero-order valence-electron chi connectivity index (χ0n) is 17.6. The number of fused-ring (bicyclic) bond motifs is 1. The van der Waals surface area contributed by atoms with Crippen LogP contribution in [0.25, 0.3) is 0 Å². The van der Waals surface area contributed by atoms with Crippen LogP contribution in [-0.4, -0.2) is 31.7 Å². The lowest BCUT2D eigenvalue weighted by atomic mass is 10.1. The summed E-state index contributed by atoms with van der Waals surface area (Å²) in [5.41, 5.74) is -0.360. The number of unbranched alkanes of at least 4 members (excludes halogenated alkanes) is 2. The van der Waals surface area contributed by atoms with Gasteiger partial charge in [-0.25, -0.2) is 0 Å². The van der Waals surface area contributed by atoms with E-state index >= 15 is 0 Å². The predicted octanol–water partition coefficient (Wildman–Crippen LogP) is 5.45. The largest absolute Gasteiger partial charge is 0.486 e. The average molecular weight is 473 g/mol. The molecule has 0 aliphatic carbocycles. The van der Waals surface area contributed by atoms with Gasteiger partial charge in [0.1, 0.15) is 12.7 Å². The van der Waals surface area contributed by atoms with Crippen LogP contribution in [0.3, 0.4) is 0 Å². The summed E-state index contributed by atoms with van der Waals surface area (Å²) in [5.74, 6) is 1.38. The van der Waals surface area contributed by atoms with Crippen LogP contribution in [0.2, 0.25) is 0 Å². The molecule has 1 unspecified atom stereocenters. The number of alkyl halides is 3. The van der Waals surface area contributed by atoms with Gasteiger partial charge in [0.15, 0.2) is 11.5 Å². The molecule has 32 heavy (non-hydrogen) atoms. The molecule has 0 saturated carbocycles. The summed E-state index contributed by atoms with van der Waals surface area (Å²) in [4.78, 5) is 11.9. The van der Waals surface area contributed by atoms with Crippen molar-refractivity contribution in [3.05, 3.63) is 54.1 Å². The molecular formula is C23H28ClF3N2O3. The van der Waals surface area contributed by atoms with Gasteiger partial charge in [-0.2, -0.15) is 13.2 Å². The summed E-state index contributed by atoms with van der Waals surface area (Å²) >= 11 is 0. The molecule has 0 aromatic heterocycles. The van der Waals surface area contributed by atoms with E-state index in [0.717, 1.165) is 62.4 Å². The molecule has 176 valence electrons. The highest BCUT2D eigenvalue weighted by Crippen LogP contribution is 2.31. The second-order valence-electron chi connectivity index (χ2n) is 7.47. The van der Waals surface area contributed by atoms with Gasteiger partial charge in [-0.15, -0.1) is 12.4 Å². The number of hydrogen-bond donors (Lipinski definition) is 2. The molecule has 0 bridgehead atoms. The maximum Gasteiger partial charge on any atom is 0.416 e. The van der Waals surface area contributed by atoms with Crippen molar-refractivity contribution in [1.29, 1.82) is 0 Å². The minimum absolute atomic E-state index is 0. The number of halogens is 4. The molecule has 3 rings (SSSR count). The first-order valence-corrected chi connectivity index (χ1v) is 10.5. The first-order chi connectivity index (χ1) is 14.9. The van der Waals surface area contributed by atoms with Crippen LogP contribution in [0.1, 0.15) is 37.7 Å². The molecule has 1 atom stereocenters. The monoisotopic (exact) mass is 472 g/mol. The second kappa shape index (κ2) is 12.6. The van der Waals surface area contributed by atoms with Crippen molar-refractivity contribution < 1.29 is 27.4 Å². The van der Waals surface area contributed by atoms with E-state index in [-0.39, 0.29) is 24.4 Å². The zero-order valence-corrected chi connectivity index (χ0v) is 18.4. The number of amides is 1. The summed E-state index contributed by atoms with van der Waals surface area (Å²) in [6, 6.07) is 12.1. The topological polar surface area (TPSA) is 59.6 Å². The van der Waals surface area contributed by atoms with E-state index < -0.39 is 11.7 Å². The quantitative estimate of drug-likeness (QED) is 0.452. The zero-order chi connectivity index (χ0) is 22.1. The smallest absolute Gasteiger partial charge is 0.416 e. The fourth-order valence-electron chi connectivity index (χ4n) is 3.27. The average Bonchev–Trinajstić information content (AvgIpc) is 2.75. The fraction of sp³-hybridized carbons (Fsp3) is 0.435. The van der Waals surface area contributed by atoms with Gasteiger partial charge < -0.3 is 20.1 Å². The van der Waals surface area contributed by atoms with Crippen molar-refractivity contribution in [1.82, 2.24) is 5.32 Å². The van der Waals surface area contributed by atoms with Crippen LogP contribution in [0.15, 0.2) is 48.5 Å². The first-order valence-electron chi connectivity index (χ1n) is 10.5. The molecule has 9 heteroatoms. The molecule has 1 amide bonds. The molecule has 0 fully saturated rings. The van der Waals surface area contributed by atoms with Crippen molar-refractivity contribution in [2.24, 2.45) is 0 Å². The highest BCUT2D eigenvalue weighted by molar-refractivity contribution is 5.90. The molecule has 1 heterocycles. The van der Waals surface area contributed by atoms with Crippen LogP contribution < -0.4 is 20.1 Å². The van der Waals surface area contributed by atoms with Crippen molar-refractivity contribution in [3.8, 4) is 11.5 Å². The van der Waals surface area contributed by atoms with Crippen molar-refractivity contribution in [2.45, 2.75) is 44.4 Å². The Bertz CT molecular complexity index is 847. The molecule has 1 aliphatic rings. The van der Waals surface area contributed by atoms with E-state index in [9.17, 15) is 18.0 Å². The van der Waals surface area contributed by atoms with Gasteiger partial charge in [-0.1, -0.05) is 18.6 Å². The van der Waals surface area contributed by atoms with E-state index in [1.165, 1.54) is 12.1 Å². The second-order valence-corrected chi connectivity index (χ2v) is 7.47. The standard InChI is InChI=1S/C23H27F3N2O3.ClH/c24-23(25,26)17-9-11-18(12-10-17)28-22(29)8-2-1-5-14-27-15-13-19-16-30-20-6-3-4-7-21(20)31-19;/h3-4,6-7,9-12,19,27H,1-2,5,8,13-16H2,(H,28,29);1H. The lowest BCUT2D eigenvalue weighted by molar-refractivity contribution is -0.137. The van der Waals surface area contributed by atoms with Gasteiger partial charge in [-0.3, -0.25) is 4.79 Å². The van der Waals surface area contributed by atoms with Crippen LogP contribution in [0, 0.1) is 0 Å². The Labute approximate surface area is 192 Å². The molecular weight excluding hydrogens is 445 g/mol. The Hall–Kier alpha value is -2.45. The summed E-state index contributed by atoms with van der Waals surface area (Å²) in [7, 11) is 0. The Morgan fingerprint density at radius 2 is 1.69 bits per heavy atom. The molecule has 1 aliphatic heterocycles. The maximum absolute atomic E-state index is 12.5. The van der Waals surface area contributed by atoms with E-state index in [4.69, 9.17) is 9.47 Å². The highest BCUT2D eigenvalue weighted by Gasteiger charge is 2.30. The molecule has 0 radical (unpaired) electrons. The summed E-state index contributed by atoms with van der Waals surface area (Å²) in [6.45, 7) is 2.22. The Balaban J connectivity index is 0.00000363. The third kappa shape index (κ3) is 8.24.